The molecule has 1 heterocycles. The van der Waals surface area contributed by atoms with E-state index in [-0.39, 0.29) is 23.5 Å². The van der Waals surface area contributed by atoms with E-state index in [2.05, 4.69) is 0 Å². The summed E-state index contributed by atoms with van der Waals surface area (Å²) in [5.74, 6) is -0.580. The zero-order valence-electron chi connectivity index (χ0n) is 13.5. The van der Waals surface area contributed by atoms with Gasteiger partial charge in [0.1, 0.15) is 0 Å². The number of nitro groups is 1. The molecule has 7 heteroatoms. The van der Waals surface area contributed by atoms with Crippen LogP contribution in [0, 0.1) is 16.0 Å². The van der Waals surface area contributed by atoms with Crippen molar-refractivity contribution in [3.8, 4) is 0 Å². The Bertz CT molecular complexity index is 648. The number of nitro benzene ring substituents is 1. The van der Waals surface area contributed by atoms with Crippen molar-refractivity contribution in [3.63, 3.8) is 0 Å². The fourth-order valence-corrected chi connectivity index (χ4v) is 2.66. The van der Waals surface area contributed by atoms with Crippen molar-refractivity contribution in [1.29, 1.82) is 0 Å². The minimum atomic E-state index is -0.477. The first-order valence-corrected chi connectivity index (χ1v) is 7.90. The number of ether oxygens (including phenoxy) is 1. The second-order valence-corrected chi connectivity index (χ2v) is 5.50. The lowest BCUT2D eigenvalue weighted by atomic mass is 9.97. The summed E-state index contributed by atoms with van der Waals surface area (Å²) in [6.45, 7) is 3.08. The topological polar surface area (TPSA) is 89.8 Å². The second-order valence-electron chi connectivity index (χ2n) is 5.50. The van der Waals surface area contributed by atoms with Gasteiger partial charge in [-0.25, -0.2) is 0 Å². The van der Waals surface area contributed by atoms with Crippen molar-refractivity contribution >= 4 is 23.6 Å². The van der Waals surface area contributed by atoms with Crippen molar-refractivity contribution in [3.05, 3.63) is 46.0 Å². The Kier molecular flexibility index (Phi) is 6.06. The van der Waals surface area contributed by atoms with Crippen molar-refractivity contribution in [2.75, 3.05) is 19.7 Å². The van der Waals surface area contributed by atoms with Crippen LogP contribution in [0.5, 0.6) is 0 Å². The summed E-state index contributed by atoms with van der Waals surface area (Å²) in [6, 6.07) is 6.25. The molecule has 0 spiro atoms. The highest BCUT2D eigenvalue weighted by molar-refractivity contribution is 5.92. The van der Waals surface area contributed by atoms with Crippen LogP contribution in [0.25, 0.3) is 6.08 Å². The minimum Gasteiger partial charge on any atom is -0.466 e. The molecule has 0 unspecified atom stereocenters. The molecule has 0 bridgehead atoms. The molecule has 1 aromatic rings. The van der Waals surface area contributed by atoms with E-state index in [0.717, 1.165) is 0 Å². The molecule has 7 nitrogen and oxygen atoms in total. The number of rotatable bonds is 5. The Hall–Kier alpha value is -2.70. The van der Waals surface area contributed by atoms with E-state index >= 15 is 0 Å². The summed E-state index contributed by atoms with van der Waals surface area (Å²) in [6.07, 6.45) is 3.94. The summed E-state index contributed by atoms with van der Waals surface area (Å²) in [4.78, 5) is 36.0. The molecule has 1 fully saturated rings. The number of amides is 1. The summed E-state index contributed by atoms with van der Waals surface area (Å²) < 4.78 is 5.00. The lowest BCUT2D eigenvalue weighted by Crippen LogP contribution is -2.39. The average molecular weight is 332 g/mol. The molecule has 0 N–H and O–H groups in total. The van der Waals surface area contributed by atoms with E-state index in [0.29, 0.717) is 38.1 Å². The van der Waals surface area contributed by atoms with Gasteiger partial charge in [0.15, 0.2) is 0 Å². The van der Waals surface area contributed by atoms with Crippen LogP contribution in [0.4, 0.5) is 5.69 Å². The Morgan fingerprint density at radius 1 is 1.33 bits per heavy atom. The monoisotopic (exact) mass is 332 g/mol. The summed E-state index contributed by atoms with van der Waals surface area (Å²) in [7, 11) is 0. The van der Waals surface area contributed by atoms with Crippen LogP contribution < -0.4 is 0 Å². The molecule has 1 saturated heterocycles. The molecule has 2 rings (SSSR count). The van der Waals surface area contributed by atoms with Gasteiger partial charge in [-0.1, -0.05) is 12.1 Å². The predicted octanol–water partition coefficient (Wildman–Crippen LogP) is 2.41. The zero-order chi connectivity index (χ0) is 17.5. The molecular formula is C17H20N2O5. The molecule has 1 aliphatic rings. The number of benzene rings is 1. The van der Waals surface area contributed by atoms with Gasteiger partial charge in [0, 0.05) is 25.2 Å². The van der Waals surface area contributed by atoms with E-state index in [9.17, 15) is 19.7 Å². The number of hydrogen-bond donors (Lipinski definition) is 0. The normalized spacial score (nSPS) is 15.5. The molecular weight excluding hydrogens is 312 g/mol. The Labute approximate surface area is 140 Å². The van der Waals surface area contributed by atoms with Gasteiger partial charge in [-0.05, 0) is 31.9 Å². The molecule has 1 aliphatic heterocycles. The molecule has 1 aromatic carbocycles. The Morgan fingerprint density at radius 3 is 2.62 bits per heavy atom. The largest absolute Gasteiger partial charge is 0.466 e. The first-order chi connectivity index (χ1) is 11.5. The molecule has 128 valence electrons. The third-order valence-electron chi connectivity index (χ3n) is 3.97. The molecule has 0 radical (unpaired) electrons. The number of nitrogens with zero attached hydrogens (tertiary/aromatic N) is 2. The third-order valence-corrected chi connectivity index (χ3v) is 3.97. The SMILES string of the molecule is CCOC(=O)C1CCN(C(=O)C=Cc2ccccc2[N+](=O)[O-])CC1. The Balaban J connectivity index is 1.95. The van der Waals surface area contributed by atoms with Gasteiger partial charge in [0.2, 0.25) is 5.91 Å². The molecule has 0 atom stereocenters. The smallest absolute Gasteiger partial charge is 0.309 e. The second kappa shape index (κ2) is 8.24. The van der Waals surface area contributed by atoms with Crippen LogP contribution in [0.2, 0.25) is 0 Å². The Morgan fingerprint density at radius 2 is 2.00 bits per heavy atom. The first-order valence-electron chi connectivity index (χ1n) is 7.90. The van der Waals surface area contributed by atoms with Crippen molar-refractivity contribution in [1.82, 2.24) is 4.90 Å². The summed E-state index contributed by atoms with van der Waals surface area (Å²) in [5.41, 5.74) is 0.347. The highest BCUT2D eigenvalue weighted by atomic mass is 16.6. The van der Waals surface area contributed by atoms with Crippen LogP contribution in [-0.4, -0.2) is 41.4 Å². The van der Waals surface area contributed by atoms with Gasteiger partial charge in [0.05, 0.1) is 23.0 Å². The van der Waals surface area contributed by atoms with Gasteiger partial charge in [-0.3, -0.25) is 19.7 Å². The van der Waals surface area contributed by atoms with Crippen LogP contribution >= 0.6 is 0 Å². The number of likely N-dealkylation sites (tertiary alicyclic amines) is 1. The molecule has 0 saturated carbocycles. The van der Waals surface area contributed by atoms with Crippen molar-refractivity contribution in [2.45, 2.75) is 19.8 Å². The zero-order valence-corrected chi connectivity index (χ0v) is 13.5. The molecule has 0 aromatic heterocycles. The number of carbonyl (C=O) groups is 2. The fourth-order valence-electron chi connectivity index (χ4n) is 2.66. The highest BCUT2D eigenvalue weighted by Gasteiger charge is 2.27. The van der Waals surface area contributed by atoms with Crippen molar-refractivity contribution < 1.29 is 19.2 Å². The fraction of sp³-hybridized carbons (Fsp3) is 0.412. The molecule has 1 amide bonds. The summed E-state index contributed by atoms with van der Waals surface area (Å²) >= 11 is 0. The number of para-hydroxylation sites is 1. The minimum absolute atomic E-state index is 0.0393. The lowest BCUT2D eigenvalue weighted by molar-refractivity contribution is -0.385. The molecule has 24 heavy (non-hydrogen) atoms. The van der Waals surface area contributed by atoms with Gasteiger partial charge in [-0.15, -0.1) is 0 Å². The van der Waals surface area contributed by atoms with Crippen LogP contribution in [0.3, 0.4) is 0 Å². The predicted molar refractivity (Wildman–Crippen MR) is 88.1 cm³/mol. The van der Waals surface area contributed by atoms with Crippen LogP contribution in [-0.2, 0) is 14.3 Å². The van der Waals surface area contributed by atoms with Gasteiger partial charge >= 0.3 is 5.97 Å². The maximum absolute atomic E-state index is 12.2. The average Bonchev–Trinajstić information content (AvgIpc) is 2.60. The maximum Gasteiger partial charge on any atom is 0.309 e. The number of carbonyl (C=O) groups excluding carboxylic acids is 2. The highest BCUT2D eigenvalue weighted by Crippen LogP contribution is 2.21. The van der Waals surface area contributed by atoms with E-state index in [4.69, 9.17) is 4.74 Å². The van der Waals surface area contributed by atoms with Crippen molar-refractivity contribution in [2.24, 2.45) is 5.92 Å². The van der Waals surface area contributed by atoms with E-state index in [1.807, 2.05) is 0 Å². The van der Waals surface area contributed by atoms with E-state index < -0.39 is 4.92 Å². The molecule has 0 aliphatic carbocycles. The van der Waals surface area contributed by atoms with E-state index in [1.54, 1.807) is 30.0 Å². The number of esters is 1. The van der Waals surface area contributed by atoms with Gasteiger partial charge in [0.25, 0.3) is 5.69 Å². The van der Waals surface area contributed by atoms with Crippen LogP contribution in [0.15, 0.2) is 30.3 Å². The van der Waals surface area contributed by atoms with Crippen LogP contribution in [0.1, 0.15) is 25.3 Å². The first kappa shape index (κ1) is 17.7. The summed E-state index contributed by atoms with van der Waals surface area (Å²) in [5, 5.41) is 11.0. The lowest BCUT2D eigenvalue weighted by Gasteiger charge is -2.30. The van der Waals surface area contributed by atoms with Gasteiger partial charge < -0.3 is 9.64 Å². The van der Waals surface area contributed by atoms with Gasteiger partial charge in [-0.2, -0.15) is 0 Å². The van der Waals surface area contributed by atoms with E-state index in [1.165, 1.54) is 18.2 Å². The number of piperidine rings is 1. The quantitative estimate of drug-likeness (QED) is 0.357. The maximum atomic E-state index is 12.2. The number of hydrogen-bond acceptors (Lipinski definition) is 5. The standard InChI is InChI=1S/C17H20N2O5/c1-2-24-17(21)14-9-11-18(12-10-14)16(20)8-7-13-5-3-4-6-15(13)19(22)23/h3-8,14H,2,9-12H2,1H3. The third kappa shape index (κ3) is 4.41.